The molecule has 0 amide bonds. The van der Waals surface area contributed by atoms with E-state index in [1.807, 2.05) is 37.3 Å². The van der Waals surface area contributed by atoms with Crippen LogP contribution in [0.25, 0.3) is 44.8 Å². The van der Waals surface area contributed by atoms with Crippen molar-refractivity contribution in [2.24, 2.45) is 0 Å². The largest absolute Gasteiger partial charge is 0.208 e. The lowest BCUT2D eigenvalue weighted by Crippen LogP contribution is -2.04. The number of aromatic nitrogens is 3. The summed E-state index contributed by atoms with van der Waals surface area (Å²) in [7, 11) is 0. The minimum atomic E-state index is 0.617. The first-order chi connectivity index (χ1) is 18.2. The van der Waals surface area contributed by atoms with Crippen LogP contribution in [-0.2, 0) is 0 Å². The Kier molecular flexibility index (Phi) is 7.29. The lowest BCUT2D eigenvalue weighted by atomic mass is 9.98. The molecule has 1 heterocycles. The second-order valence-electron chi connectivity index (χ2n) is 8.61. The smallest absolute Gasteiger partial charge is 0.164 e. The summed E-state index contributed by atoms with van der Waals surface area (Å²) in [6.45, 7) is 4.12. The first-order valence-electron chi connectivity index (χ1n) is 12.5. The number of allylic oxidation sites excluding steroid dienone is 8. The molecular weight excluding hydrogens is 450 g/mol. The predicted octanol–water partition coefficient (Wildman–Crippen LogP) is 8.51. The van der Waals surface area contributed by atoms with Gasteiger partial charge in [-0.05, 0) is 66.0 Å². The molecule has 4 aromatic rings. The molecule has 0 radical (unpaired) electrons. The van der Waals surface area contributed by atoms with E-state index >= 15 is 0 Å². The van der Waals surface area contributed by atoms with Crippen molar-refractivity contribution in [3.05, 3.63) is 138 Å². The molecule has 0 saturated carbocycles. The topological polar surface area (TPSA) is 38.7 Å². The van der Waals surface area contributed by atoms with E-state index < -0.39 is 0 Å². The average Bonchev–Trinajstić information content (AvgIpc) is 2.98. The van der Waals surface area contributed by atoms with E-state index in [1.54, 1.807) is 0 Å². The van der Waals surface area contributed by atoms with Crippen molar-refractivity contribution in [3.8, 4) is 33.6 Å². The molecule has 178 valence electrons. The van der Waals surface area contributed by atoms with Gasteiger partial charge in [-0.25, -0.2) is 15.0 Å². The van der Waals surface area contributed by atoms with Crippen molar-refractivity contribution in [3.63, 3.8) is 0 Å². The quantitative estimate of drug-likeness (QED) is 0.198. The third-order valence-corrected chi connectivity index (χ3v) is 6.08. The molecule has 37 heavy (non-hydrogen) atoms. The molecule has 0 fully saturated rings. The summed E-state index contributed by atoms with van der Waals surface area (Å²) < 4.78 is 0. The standard InChI is InChI=1S/C34H27N3/c1-3-5-14-25(4-2)32-35-33(27-17-10-7-11-18-27)37-34(36-32)31-22-13-21-30(24-31)29-20-12-19-28(23-29)26-15-8-6-9-16-26/h4-6,8-10,12-24H,3H2,1-2H3/b14-5-,25-4+. The highest BCUT2D eigenvalue weighted by molar-refractivity contribution is 5.78. The highest BCUT2D eigenvalue weighted by Gasteiger charge is 2.14. The van der Waals surface area contributed by atoms with E-state index in [2.05, 4.69) is 103 Å². The zero-order chi connectivity index (χ0) is 25.5. The van der Waals surface area contributed by atoms with Crippen LogP contribution < -0.4 is 0 Å². The Balaban J connectivity index is 1.59. The van der Waals surface area contributed by atoms with Crippen LogP contribution in [-0.4, -0.2) is 15.0 Å². The Bertz CT molecular complexity index is 1620. The Labute approximate surface area is 218 Å². The summed E-state index contributed by atoms with van der Waals surface area (Å²) >= 11 is 0. The summed E-state index contributed by atoms with van der Waals surface area (Å²) in [5.74, 6) is 1.90. The second kappa shape index (κ2) is 11.3. The lowest BCUT2D eigenvalue weighted by molar-refractivity contribution is 1.00. The normalized spacial score (nSPS) is 12.8. The molecule has 0 unspecified atom stereocenters. The Morgan fingerprint density at radius 3 is 2.05 bits per heavy atom. The van der Waals surface area contributed by atoms with Gasteiger partial charge in [0.2, 0.25) is 0 Å². The molecule has 1 aliphatic carbocycles. The van der Waals surface area contributed by atoms with Gasteiger partial charge >= 0.3 is 0 Å². The maximum absolute atomic E-state index is 4.89. The average molecular weight is 478 g/mol. The van der Waals surface area contributed by atoms with Crippen LogP contribution in [0.15, 0.2) is 127 Å². The van der Waals surface area contributed by atoms with Gasteiger partial charge < -0.3 is 0 Å². The van der Waals surface area contributed by atoms with Crippen LogP contribution in [0.3, 0.4) is 0 Å². The number of hydrogen-bond donors (Lipinski definition) is 0. The minimum absolute atomic E-state index is 0.617. The Morgan fingerprint density at radius 2 is 1.38 bits per heavy atom. The van der Waals surface area contributed by atoms with E-state index in [9.17, 15) is 0 Å². The molecular formula is C34H27N3. The Hall–Kier alpha value is -4.81. The fourth-order valence-electron chi connectivity index (χ4n) is 4.14. The van der Waals surface area contributed by atoms with Gasteiger partial charge in [0, 0.05) is 16.7 Å². The summed E-state index contributed by atoms with van der Waals surface area (Å²) in [6, 6.07) is 27.4. The van der Waals surface area contributed by atoms with Crippen molar-refractivity contribution in [2.75, 3.05) is 0 Å². The number of rotatable bonds is 7. The van der Waals surface area contributed by atoms with Crippen LogP contribution in [0, 0.1) is 0 Å². The summed E-state index contributed by atoms with van der Waals surface area (Å²) in [5, 5.41) is 0. The van der Waals surface area contributed by atoms with Gasteiger partial charge in [0.05, 0.1) is 0 Å². The zero-order valence-corrected chi connectivity index (χ0v) is 21.0. The van der Waals surface area contributed by atoms with E-state index in [-0.39, 0.29) is 0 Å². The number of benzene rings is 3. The molecule has 3 aromatic carbocycles. The van der Waals surface area contributed by atoms with Gasteiger partial charge in [-0.1, -0.05) is 103 Å². The maximum atomic E-state index is 4.89. The number of hydrogen-bond acceptors (Lipinski definition) is 3. The van der Waals surface area contributed by atoms with Gasteiger partial charge in [0.15, 0.2) is 17.5 Å². The van der Waals surface area contributed by atoms with Crippen LogP contribution in [0.2, 0.25) is 0 Å². The second-order valence-corrected chi connectivity index (χ2v) is 8.61. The SMILES string of the molecule is C/C=C(\C=C/CC)c1nc(C2=CC=C=C=C2)nc(-c2cccc(-c3cccc(-c4ccccc4)c3)c2)n1. The highest BCUT2D eigenvalue weighted by Crippen LogP contribution is 2.30. The lowest BCUT2D eigenvalue weighted by Gasteiger charge is -2.11. The van der Waals surface area contributed by atoms with Crippen LogP contribution in [0.4, 0.5) is 0 Å². The van der Waals surface area contributed by atoms with Crippen LogP contribution in [0.5, 0.6) is 0 Å². The summed E-state index contributed by atoms with van der Waals surface area (Å²) in [5.41, 5.74) is 13.4. The molecule has 3 nitrogen and oxygen atoms in total. The van der Waals surface area contributed by atoms with Crippen molar-refractivity contribution in [1.29, 1.82) is 0 Å². The molecule has 0 N–H and O–H groups in total. The van der Waals surface area contributed by atoms with Crippen molar-refractivity contribution in [1.82, 2.24) is 15.0 Å². The molecule has 1 aromatic heterocycles. The van der Waals surface area contributed by atoms with E-state index in [0.29, 0.717) is 17.5 Å². The first kappa shape index (κ1) is 23.9. The van der Waals surface area contributed by atoms with Crippen molar-refractivity contribution < 1.29 is 0 Å². The summed E-state index contributed by atoms with van der Waals surface area (Å²) in [4.78, 5) is 14.6. The van der Waals surface area contributed by atoms with Gasteiger partial charge in [-0.2, -0.15) is 0 Å². The molecule has 0 saturated heterocycles. The molecule has 3 heteroatoms. The van der Waals surface area contributed by atoms with Gasteiger partial charge in [0.25, 0.3) is 0 Å². The maximum Gasteiger partial charge on any atom is 0.164 e. The summed E-state index contributed by atoms with van der Waals surface area (Å²) in [6.07, 6.45) is 12.8. The van der Waals surface area contributed by atoms with Crippen LogP contribution >= 0.6 is 0 Å². The third kappa shape index (κ3) is 5.55. The van der Waals surface area contributed by atoms with E-state index in [1.165, 1.54) is 11.1 Å². The van der Waals surface area contributed by atoms with Crippen molar-refractivity contribution >= 4 is 11.1 Å². The molecule has 0 atom stereocenters. The highest BCUT2D eigenvalue weighted by atomic mass is 15.0. The first-order valence-corrected chi connectivity index (χ1v) is 12.5. The molecule has 0 spiro atoms. The van der Waals surface area contributed by atoms with Gasteiger partial charge in [-0.15, -0.1) is 0 Å². The fourth-order valence-corrected chi connectivity index (χ4v) is 4.14. The molecule has 5 rings (SSSR count). The Morgan fingerprint density at radius 1 is 0.730 bits per heavy atom. The van der Waals surface area contributed by atoms with E-state index in [0.717, 1.165) is 34.3 Å². The minimum Gasteiger partial charge on any atom is -0.208 e. The molecule has 0 bridgehead atoms. The van der Waals surface area contributed by atoms with Gasteiger partial charge in [0.1, 0.15) is 0 Å². The van der Waals surface area contributed by atoms with Gasteiger partial charge in [-0.3, -0.25) is 0 Å². The third-order valence-electron chi connectivity index (χ3n) is 6.08. The monoisotopic (exact) mass is 477 g/mol. The molecule has 0 aliphatic heterocycles. The zero-order valence-electron chi connectivity index (χ0n) is 21.0. The fraction of sp³-hybridized carbons (Fsp3) is 0.0882. The van der Waals surface area contributed by atoms with Crippen LogP contribution in [0.1, 0.15) is 31.9 Å². The van der Waals surface area contributed by atoms with E-state index in [4.69, 9.17) is 15.0 Å². The predicted molar refractivity (Wildman–Crippen MR) is 153 cm³/mol. The molecule has 1 aliphatic rings. The van der Waals surface area contributed by atoms with Crippen molar-refractivity contribution in [2.45, 2.75) is 20.3 Å². The number of nitrogens with zero attached hydrogens (tertiary/aromatic N) is 3.